The Hall–Kier alpha value is -1.18. The fraction of sp³-hybridized carbons (Fsp3) is 0.600. The highest BCUT2D eigenvalue weighted by molar-refractivity contribution is 7.29. The highest BCUT2D eigenvalue weighted by Crippen LogP contribution is 2.34. The first-order valence-electron chi connectivity index (χ1n) is 7.75. The Morgan fingerprint density at radius 2 is 2.05 bits per heavy atom. The molecule has 0 aliphatic carbocycles. The zero-order valence-corrected chi connectivity index (χ0v) is 15.2. The fourth-order valence-electron chi connectivity index (χ4n) is 2.22. The van der Waals surface area contributed by atoms with Crippen LogP contribution in [0.25, 0.3) is 9.53 Å². The van der Waals surface area contributed by atoms with Crippen molar-refractivity contribution in [2.24, 2.45) is 0 Å². The second-order valence-corrected chi connectivity index (χ2v) is 7.16. The Balaban J connectivity index is 2.04. The first-order chi connectivity index (χ1) is 10.6. The molecular weight excluding hydrogens is 316 g/mol. The summed E-state index contributed by atoms with van der Waals surface area (Å²) in [4.78, 5) is 20.8. The molecule has 2 rings (SSSR count). The predicted molar refractivity (Wildman–Crippen MR) is 96.5 cm³/mol. The Labute approximate surface area is 139 Å². The summed E-state index contributed by atoms with van der Waals surface area (Å²) in [5.74, 6) is -0.00987. The van der Waals surface area contributed by atoms with Gasteiger partial charge in [0.05, 0.1) is 9.58 Å². The molecule has 0 spiro atoms. The zero-order chi connectivity index (χ0) is 16.1. The molecule has 22 heavy (non-hydrogen) atoms. The van der Waals surface area contributed by atoms with E-state index in [-0.39, 0.29) is 11.9 Å². The minimum Gasteiger partial charge on any atom is -0.350 e. The second-order valence-electron chi connectivity index (χ2n) is 5.12. The number of nitrogens with one attached hydrogen (secondary N) is 2. The summed E-state index contributed by atoms with van der Waals surface area (Å²) in [5.41, 5.74) is 0. The first kappa shape index (κ1) is 17.2. The maximum absolute atomic E-state index is 12.2. The largest absolute Gasteiger partial charge is 0.350 e. The van der Waals surface area contributed by atoms with Crippen molar-refractivity contribution in [2.75, 3.05) is 31.1 Å². The number of fused-ring (bicyclic) bond motifs is 1. The van der Waals surface area contributed by atoms with Crippen molar-refractivity contribution in [1.82, 2.24) is 15.6 Å². The van der Waals surface area contributed by atoms with E-state index in [1.54, 1.807) is 11.3 Å². The van der Waals surface area contributed by atoms with E-state index in [1.165, 1.54) is 11.3 Å². The number of thiophene rings is 1. The van der Waals surface area contributed by atoms with Crippen LogP contribution >= 0.6 is 22.7 Å². The third-order valence-electron chi connectivity index (χ3n) is 3.46. The van der Waals surface area contributed by atoms with Gasteiger partial charge in [0.25, 0.3) is 5.91 Å². The Bertz CT molecular complexity index is 587. The molecule has 1 atom stereocenters. The third kappa shape index (κ3) is 3.97. The predicted octanol–water partition coefficient (Wildman–Crippen LogP) is 2.93. The number of thiazole rings is 1. The lowest BCUT2D eigenvalue weighted by molar-refractivity contribution is 0.0954. The Morgan fingerprint density at radius 3 is 2.64 bits per heavy atom. The number of carbonyl (C=O) groups is 1. The third-order valence-corrected chi connectivity index (χ3v) is 5.68. The number of hydrogen-bond donors (Lipinski definition) is 2. The van der Waals surface area contributed by atoms with Gasteiger partial charge < -0.3 is 15.5 Å². The molecule has 0 bridgehead atoms. The van der Waals surface area contributed by atoms with Crippen LogP contribution in [-0.4, -0.2) is 43.1 Å². The van der Waals surface area contributed by atoms with Crippen molar-refractivity contribution in [3.05, 3.63) is 10.9 Å². The van der Waals surface area contributed by atoms with E-state index in [4.69, 9.17) is 0 Å². The standard InChI is InChI=1S/C15H24N4OS2/c1-5-16-10(4)9-17-13(20)11-8-12-14(21-11)18-15(22-12)19(6-2)7-3/h8,10,16H,5-7,9H2,1-4H3,(H,17,20)/t10-/m1/s1. The minimum atomic E-state index is -0.00987. The number of carbonyl (C=O) groups excluding carboxylic acids is 1. The number of aromatic nitrogens is 1. The van der Waals surface area contributed by atoms with Gasteiger partial charge in [-0.25, -0.2) is 4.98 Å². The molecule has 122 valence electrons. The van der Waals surface area contributed by atoms with E-state index in [2.05, 4.69) is 48.2 Å². The molecule has 0 saturated heterocycles. The van der Waals surface area contributed by atoms with E-state index in [0.717, 1.165) is 39.2 Å². The molecule has 2 aromatic rings. The molecule has 2 aromatic heterocycles. The van der Waals surface area contributed by atoms with Gasteiger partial charge in [0, 0.05) is 25.7 Å². The van der Waals surface area contributed by atoms with Crippen LogP contribution < -0.4 is 15.5 Å². The molecule has 7 heteroatoms. The summed E-state index contributed by atoms with van der Waals surface area (Å²) in [7, 11) is 0. The first-order valence-corrected chi connectivity index (χ1v) is 9.39. The van der Waals surface area contributed by atoms with Crippen molar-refractivity contribution >= 4 is 43.2 Å². The summed E-state index contributed by atoms with van der Waals surface area (Å²) in [6.07, 6.45) is 0. The molecule has 2 heterocycles. The van der Waals surface area contributed by atoms with Gasteiger partial charge in [-0.1, -0.05) is 18.3 Å². The number of amides is 1. The summed E-state index contributed by atoms with van der Waals surface area (Å²) < 4.78 is 1.09. The zero-order valence-electron chi connectivity index (χ0n) is 13.6. The molecule has 0 aliphatic rings. The molecule has 0 unspecified atom stereocenters. The minimum absolute atomic E-state index is 0.00987. The highest BCUT2D eigenvalue weighted by Gasteiger charge is 2.16. The normalized spacial score (nSPS) is 12.5. The van der Waals surface area contributed by atoms with E-state index in [1.807, 2.05) is 6.07 Å². The molecule has 5 nitrogen and oxygen atoms in total. The summed E-state index contributed by atoms with van der Waals surface area (Å²) in [5, 5.41) is 7.29. The van der Waals surface area contributed by atoms with Crippen molar-refractivity contribution < 1.29 is 4.79 Å². The molecular formula is C15H24N4OS2. The smallest absolute Gasteiger partial charge is 0.261 e. The van der Waals surface area contributed by atoms with Gasteiger partial charge in [0.1, 0.15) is 4.83 Å². The molecule has 2 N–H and O–H groups in total. The van der Waals surface area contributed by atoms with E-state index >= 15 is 0 Å². The number of hydrogen-bond acceptors (Lipinski definition) is 6. The lowest BCUT2D eigenvalue weighted by Gasteiger charge is -2.16. The van der Waals surface area contributed by atoms with Crippen molar-refractivity contribution in [1.29, 1.82) is 0 Å². The fourth-order valence-corrected chi connectivity index (χ4v) is 4.47. The van der Waals surface area contributed by atoms with Gasteiger partial charge in [0.2, 0.25) is 0 Å². The van der Waals surface area contributed by atoms with Crippen LogP contribution in [0.1, 0.15) is 37.4 Å². The van der Waals surface area contributed by atoms with Crippen LogP contribution in [0.3, 0.4) is 0 Å². The SMILES string of the molecule is CCN[C@H](C)CNC(=O)c1cc2sc(N(CC)CC)nc2s1. The summed E-state index contributed by atoms with van der Waals surface area (Å²) in [6.45, 7) is 11.8. The van der Waals surface area contributed by atoms with Crippen LogP contribution in [0.4, 0.5) is 5.13 Å². The van der Waals surface area contributed by atoms with Gasteiger partial charge in [-0.3, -0.25) is 4.79 Å². The van der Waals surface area contributed by atoms with Crippen LogP contribution in [-0.2, 0) is 0 Å². The van der Waals surface area contributed by atoms with Gasteiger partial charge in [-0.15, -0.1) is 11.3 Å². The molecule has 0 aliphatic heterocycles. The second kappa shape index (κ2) is 7.89. The summed E-state index contributed by atoms with van der Waals surface area (Å²) >= 11 is 3.13. The highest BCUT2D eigenvalue weighted by atomic mass is 32.1. The van der Waals surface area contributed by atoms with E-state index in [9.17, 15) is 4.79 Å². The number of anilines is 1. The molecule has 1 amide bonds. The maximum atomic E-state index is 12.2. The quantitative estimate of drug-likeness (QED) is 0.776. The summed E-state index contributed by atoms with van der Waals surface area (Å²) in [6, 6.07) is 2.24. The molecule has 0 saturated carbocycles. The lowest BCUT2D eigenvalue weighted by Crippen LogP contribution is -2.38. The van der Waals surface area contributed by atoms with Crippen molar-refractivity contribution in [3.8, 4) is 0 Å². The van der Waals surface area contributed by atoms with Gasteiger partial charge in [-0.05, 0) is 33.4 Å². The average Bonchev–Trinajstić information content (AvgIpc) is 3.05. The number of rotatable bonds is 8. The van der Waals surface area contributed by atoms with Crippen LogP contribution in [0, 0.1) is 0 Å². The Morgan fingerprint density at radius 1 is 1.32 bits per heavy atom. The van der Waals surface area contributed by atoms with Crippen molar-refractivity contribution in [3.63, 3.8) is 0 Å². The van der Waals surface area contributed by atoms with E-state index < -0.39 is 0 Å². The Kier molecular flexibility index (Phi) is 6.16. The maximum Gasteiger partial charge on any atom is 0.261 e. The van der Waals surface area contributed by atoms with Gasteiger partial charge in [-0.2, -0.15) is 0 Å². The molecule has 0 radical (unpaired) electrons. The molecule has 0 fully saturated rings. The van der Waals surface area contributed by atoms with Gasteiger partial charge >= 0.3 is 0 Å². The van der Waals surface area contributed by atoms with Crippen LogP contribution in [0.2, 0.25) is 0 Å². The monoisotopic (exact) mass is 340 g/mol. The average molecular weight is 341 g/mol. The molecule has 0 aromatic carbocycles. The van der Waals surface area contributed by atoms with Crippen LogP contribution in [0.5, 0.6) is 0 Å². The van der Waals surface area contributed by atoms with E-state index in [0.29, 0.717) is 6.54 Å². The van der Waals surface area contributed by atoms with Crippen molar-refractivity contribution in [2.45, 2.75) is 33.7 Å². The number of likely N-dealkylation sites (N-methyl/N-ethyl adjacent to an activating group) is 1. The number of nitrogens with zero attached hydrogens (tertiary/aromatic N) is 2. The van der Waals surface area contributed by atoms with Gasteiger partial charge in [0.15, 0.2) is 5.13 Å². The van der Waals surface area contributed by atoms with Crippen LogP contribution in [0.15, 0.2) is 6.07 Å². The lowest BCUT2D eigenvalue weighted by atomic mass is 10.3. The topological polar surface area (TPSA) is 57.3 Å².